The van der Waals surface area contributed by atoms with E-state index in [1.807, 2.05) is 0 Å². The lowest BCUT2D eigenvalue weighted by Gasteiger charge is -2.49. The Hall–Kier alpha value is -0.810. The van der Waals surface area contributed by atoms with Crippen molar-refractivity contribution in [1.82, 2.24) is 4.90 Å². The molecule has 1 saturated heterocycles. The highest BCUT2D eigenvalue weighted by molar-refractivity contribution is 5.65. The van der Waals surface area contributed by atoms with Crippen molar-refractivity contribution in [2.45, 2.75) is 39.2 Å². The molecule has 0 aromatic rings. The van der Waals surface area contributed by atoms with Crippen LogP contribution in [0.3, 0.4) is 0 Å². The van der Waals surface area contributed by atoms with E-state index in [1.54, 1.807) is 20.8 Å². The molecule has 1 aliphatic rings. The summed E-state index contributed by atoms with van der Waals surface area (Å²) in [5, 5.41) is 9.45. The molecular weight excluding hydrogens is 220 g/mol. The summed E-state index contributed by atoms with van der Waals surface area (Å²) in [4.78, 5) is 12.2. The van der Waals surface area contributed by atoms with Crippen LogP contribution in [0.2, 0.25) is 0 Å². The molecule has 0 bridgehead atoms. The number of carbonyl (C=O) groups is 1. The van der Waals surface area contributed by atoms with Crippen molar-refractivity contribution < 1.29 is 21.5 Å². The van der Waals surface area contributed by atoms with Gasteiger partial charge in [-0.25, -0.2) is 4.79 Å². The molecule has 1 heterocycles. The minimum Gasteiger partial charge on any atom is -0.465 e. The molecule has 0 aromatic heterocycles. The van der Waals surface area contributed by atoms with Crippen molar-refractivity contribution in [3.63, 3.8) is 0 Å². The second-order valence-electron chi connectivity index (χ2n) is 4.97. The number of ether oxygens (including phenoxy) is 1. The zero-order valence-electron chi connectivity index (χ0n) is 15.7. The summed E-state index contributed by atoms with van der Waals surface area (Å²) in [5.74, 6) is -2.34. The van der Waals surface area contributed by atoms with Crippen molar-refractivity contribution in [3.8, 4) is 0 Å². The average Bonchev–Trinajstić information content (AvgIpc) is 2.31. The minimum atomic E-state index is -2.53. The fraction of sp³-hybridized carbons (Fsp3) is 0.917. The van der Waals surface area contributed by atoms with Gasteiger partial charge in [0.05, 0.1) is 7.98 Å². The van der Waals surface area contributed by atoms with Crippen molar-refractivity contribution in [2.75, 3.05) is 20.3 Å². The van der Waals surface area contributed by atoms with Gasteiger partial charge < -0.3 is 20.5 Å². The van der Waals surface area contributed by atoms with Gasteiger partial charge in [0.25, 0.3) is 0 Å². The second-order valence-corrected chi connectivity index (χ2v) is 4.97. The Morgan fingerprint density at radius 1 is 1.71 bits per heavy atom. The molecule has 3 atom stereocenters. The SMILES string of the molecule is [2H]C1([2H])CN(C(=O)O)C([2H])(C(C)(C)C)C([2H])(COC)C1([2H])N. The quantitative estimate of drug-likeness (QED) is 0.775. The van der Waals surface area contributed by atoms with Crippen LogP contribution in [0.5, 0.6) is 0 Å². The van der Waals surface area contributed by atoms with Crippen LogP contribution >= 0.6 is 0 Å². The molecule has 1 aliphatic heterocycles. The number of likely N-dealkylation sites (tertiary alicyclic amines) is 1. The summed E-state index contributed by atoms with van der Waals surface area (Å²) in [6.07, 6.45) is -4.04. The van der Waals surface area contributed by atoms with Crippen LogP contribution in [0.1, 0.15) is 34.0 Å². The number of nitrogens with zero attached hydrogens (tertiary/aromatic N) is 1. The summed E-state index contributed by atoms with van der Waals surface area (Å²) in [6, 6.07) is -4.71. The van der Waals surface area contributed by atoms with E-state index in [-0.39, 0.29) is 0 Å². The van der Waals surface area contributed by atoms with E-state index in [9.17, 15) is 9.90 Å². The van der Waals surface area contributed by atoms with Gasteiger partial charge in [-0.05, 0) is 11.8 Å². The molecule has 100 valence electrons. The summed E-state index contributed by atoms with van der Waals surface area (Å²) in [6.45, 7) is 3.38. The predicted molar refractivity (Wildman–Crippen MR) is 65.9 cm³/mol. The highest BCUT2D eigenvalue weighted by Crippen LogP contribution is 2.35. The number of hydrogen-bond acceptors (Lipinski definition) is 3. The fourth-order valence-corrected chi connectivity index (χ4v) is 1.95. The number of carboxylic acid groups (broad SMARTS) is 1. The third-order valence-corrected chi connectivity index (χ3v) is 2.54. The van der Waals surface area contributed by atoms with Crippen LogP contribution in [0.25, 0.3) is 0 Å². The molecule has 0 saturated carbocycles. The summed E-state index contributed by atoms with van der Waals surface area (Å²) in [7, 11) is 1.24. The fourth-order valence-electron chi connectivity index (χ4n) is 1.95. The third-order valence-electron chi connectivity index (χ3n) is 2.54. The van der Waals surface area contributed by atoms with E-state index in [0.717, 1.165) is 0 Å². The molecule has 0 radical (unpaired) electrons. The van der Waals surface area contributed by atoms with Gasteiger partial charge in [0.15, 0.2) is 0 Å². The van der Waals surface area contributed by atoms with Gasteiger partial charge in [-0.3, -0.25) is 0 Å². The van der Waals surface area contributed by atoms with Gasteiger partial charge in [-0.2, -0.15) is 0 Å². The molecule has 3 N–H and O–H groups in total. The number of amides is 1. The molecule has 0 spiro atoms. The summed E-state index contributed by atoms with van der Waals surface area (Å²) < 4.78 is 46.5. The number of hydrogen-bond donors (Lipinski definition) is 2. The van der Waals surface area contributed by atoms with E-state index < -0.39 is 49.0 Å². The average molecular weight is 249 g/mol. The molecule has 5 nitrogen and oxygen atoms in total. The Labute approximate surface area is 110 Å². The molecule has 1 amide bonds. The largest absolute Gasteiger partial charge is 0.465 e. The number of nitrogens with two attached hydrogens (primary N) is 1. The Bertz CT molecular complexity index is 468. The summed E-state index contributed by atoms with van der Waals surface area (Å²) in [5.41, 5.74) is 4.74. The normalized spacial score (nSPS) is 50.6. The maximum absolute atomic E-state index is 11.6. The topological polar surface area (TPSA) is 75.8 Å². The van der Waals surface area contributed by atoms with Crippen LogP contribution < -0.4 is 5.73 Å². The Morgan fingerprint density at radius 3 is 2.71 bits per heavy atom. The van der Waals surface area contributed by atoms with Gasteiger partial charge in [-0.1, -0.05) is 20.8 Å². The van der Waals surface area contributed by atoms with Gasteiger partial charge in [0.1, 0.15) is 0 Å². The van der Waals surface area contributed by atoms with Crippen LogP contribution in [0, 0.1) is 11.3 Å². The first-order chi connectivity index (χ1) is 9.60. The van der Waals surface area contributed by atoms with Crippen LogP contribution in [-0.2, 0) is 4.74 Å². The lowest BCUT2D eigenvalue weighted by Crippen LogP contribution is -2.61. The number of rotatable bonds is 2. The Morgan fingerprint density at radius 2 is 2.29 bits per heavy atom. The Kier molecular flexibility index (Phi) is 2.56. The molecule has 0 aliphatic carbocycles. The highest BCUT2D eigenvalue weighted by atomic mass is 16.5. The number of methoxy groups -OCH3 is 1. The van der Waals surface area contributed by atoms with E-state index in [4.69, 9.17) is 17.3 Å². The molecular formula is C12H24N2O3. The zero-order chi connectivity index (χ0) is 17.8. The van der Waals surface area contributed by atoms with E-state index in [1.165, 1.54) is 7.11 Å². The van der Waals surface area contributed by atoms with Crippen molar-refractivity contribution in [3.05, 3.63) is 0 Å². The van der Waals surface area contributed by atoms with E-state index in [2.05, 4.69) is 0 Å². The zero-order valence-corrected chi connectivity index (χ0v) is 10.7. The number of piperidine rings is 1. The van der Waals surface area contributed by atoms with Crippen molar-refractivity contribution in [1.29, 1.82) is 0 Å². The van der Waals surface area contributed by atoms with Gasteiger partial charge >= 0.3 is 6.09 Å². The van der Waals surface area contributed by atoms with Crippen LogP contribution in [-0.4, -0.2) is 48.4 Å². The highest BCUT2D eigenvalue weighted by Gasteiger charge is 2.44. The van der Waals surface area contributed by atoms with E-state index in [0.29, 0.717) is 4.90 Å². The predicted octanol–water partition coefficient (Wildman–Crippen LogP) is 1.37. The smallest absolute Gasteiger partial charge is 0.407 e. The molecule has 3 unspecified atom stereocenters. The van der Waals surface area contributed by atoms with Crippen LogP contribution in [0.15, 0.2) is 0 Å². The molecule has 0 aromatic carbocycles. The minimum absolute atomic E-state index is 0.545. The van der Waals surface area contributed by atoms with Gasteiger partial charge in [-0.15, -0.1) is 0 Å². The molecule has 1 fully saturated rings. The maximum atomic E-state index is 11.6. The third kappa shape index (κ3) is 3.10. The van der Waals surface area contributed by atoms with Gasteiger partial charge in [0.2, 0.25) is 0 Å². The first-order valence-corrected chi connectivity index (χ1v) is 5.38. The first kappa shape index (κ1) is 8.32. The maximum Gasteiger partial charge on any atom is 0.407 e. The van der Waals surface area contributed by atoms with Crippen molar-refractivity contribution >= 4 is 6.09 Å². The lowest BCUT2D eigenvalue weighted by molar-refractivity contribution is -0.0157. The standard InChI is InChI=1S/C12H24N2O3/c1-12(2,3)10-8(7-17-4)9(13)5-6-14(10)11(15)16/h8-10H,5-7,13H2,1-4H3,(H,15,16)/i5D2,8D,9D,10D. The van der Waals surface area contributed by atoms with Crippen LogP contribution in [0.4, 0.5) is 4.79 Å². The second kappa shape index (κ2) is 5.23. The van der Waals surface area contributed by atoms with Crippen molar-refractivity contribution in [2.24, 2.45) is 17.0 Å². The first-order valence-electron chi connectivity index (χ1n) is 7.88. The lowest BCUT2D eigenvalue weighted by atomic mass is 9.72. The molecule has 17 heavy (non-hydrogen) atoms. The molecule has 1 rings (SSSR count). The van der Waals surface area contributed by atoms with E-state index >= 15 is 0 Å². The summed E-state index contributed by atoms with van der Waals surface area (Å²) >= 11 is 0. The monoisotopic (exact) mass is 249 g/mol. The van der Waals surface area contributed by atoms with Gasteiger partial charge in [0, 0.05) is 37.1 Å². The molecule has 5 heteroatoms. The Balaban J connectivity index is 3.75.